The molecule has 0 amide bonds. The molecule has 0 saturated heterocycles. The molecule has 6 nitrogen and oxygen atoms in total. The van der Waals surface area contributed by atoms with Crippen LogP contribution in [0.3, 0.4) is 0 Å². The molecule has 6 rings (SSSR count). The first kappa shape index (κ1) is 22.5. The van der Waals surface area contributed by atoms with E-state index in [-0.39, 0.29) is 42.4 Å². The molecule has 0 unspecified atom stereocenters. The van der Waals surface area contributed by atoms with Crippen LogP contribution in [0.5, 0.6) is 0 Å². The van der Waals surface area contributed by atoms with E-state index in [1.807, 2.05) is 0 Å². The topological polar surface area (TPSA) is 80.9 Å². The summed E-state index contributed by atoms with van der Waals surface area (Å²) >= 11 is 0. The van der Waals surface area contributed by atoms with Gasteiger partial charge < -0.3 is 5.11 Å². The van der Waals surface area contributed by atoms with Gasteiger partial charge in [0.25, 0.3) is 6.43 Å². The number of aliphatic hydroxyl groups is 1. The van der Waals surface area contributed by atoms with Gasteiger partial charge in [0.1, 0.15) is 23.2 Å². The van der Waals surface area contributed by atoms with Crippen LogP contribution in [0.1, 0.15) is 64.7 Å². The zero-order chi connectivity index (χ0) is 23.7. The zero-order valence-electron chi connectivity index (χ0n) is 19.7. The maximum atomic E-state index is 13.5. The summed E-state index contributed by atoms with van der Waals surface area (Å²) in [4.78, 5) is 19.1. The number of Topliss-reactive ketones (excluding diaryl/α,β-unsaturated/α-hetero) is 1. The Balaban J connectivity index is 1.17. The monoisotopic (exact) mass is 472 g/mol. The number of alkyl halides is 2. The van der Waals surface area contributed by atoms with Crippen molar-refractivity contribution in [1.82, 2.24) is 20.0 Å². The summed E-state index contributed by atoms with van der Waals surface area (Å²) in [6.45, 7) is 2.52. The Hall–Kier alpha value is -1.96. The maximum Gasteiger partial charge on any atom is 0.266 e. The third-order valence-electron chi connectivity index (χ3n) is 10.4. The lowest BCUT2D eigenvalue weighted by molar-refractivity contribution is -0.160. The maximum absolute atomic E-state index is 13.5. The molecule has 0 aliphatic heterocycles. The van der Waals surface area contributed by atoms with Gasteiger partial charge in [0, 0.05) is 12.1 Å². The van der Waals surface area contributed by atoms with Crippen LogP contribution in [0.15, 0.2) is 18.5 Å². The van der Waals surface area contributed by atoms with Gasteiger partial charge in [0.2, 0.25) is 0 Å². The second kappa shape index (κ2) is 8.04. The summed E-state index contributed by atoms with van der Waals surface area (Å²) in [6.07, 6.45) is 7.96. The second-order valence-corrected chi connectivity index (χ2v) is 11.8. The number of hydrogen-bond acceptors (Lipinski definition) is 5. The number of nitrogens with zero attached hydrogens (tertiary/aromatic N) is 4. The quantitative estimate of drug-likeness (QED) is 0.700. The molecule has 184 valence electrons. The van der Waals surface area contributed by atoms with Crippen molar-refractivity contribution in [3.05, 3.63) is 18.5 Å². The Morgan fingerprint density at radius 2 is 1.88 bits per heavy atom. The van der Waals surface area contributed by atoms with Gasteiger partial charge in [-0.1, -0.05) is 6.92 Å². The van der Waals surface area contributed by atoms with Crippen LogP contribution in [0.4, 0.5) is 8.78 Å². The molecule has 4 aliphatic carbocycles. The highest BCUT2D eigenvalue weighted by atomic mass is 19.3. The molecule has 0 spiro atoms. The fourth-order valence-corrected chi connectivity index (χ4v) is 8.77. The molecule has 0 aromatic carbocycles. The first-order valence-corrected chi connectivity index (χ1v) is 13.0. The van der Waals surface area contributed by atoms with Crippen LogP contribution >= 0.6 is 0 Å². The Morgan fingerprint density at radius 3 is 2.68 bits per heavy atom. The van der Waals surface area contributed by atoms with Crippen molar-refractivity contribution in [3.8, 4) is 0 Å². The number of hydrogen-bond donors (Lipinski definition) is 1. The van der Waals surface area contributed by atoms with Crippen molar-refractivity contribution in [2.45, 2.75) is 83.3 Å². The predicted molar refractivity (Wildman–Crippen MR) is 122 cm³/mol. The van der Waals surface area contributed by atoms with Crippen LogP contribution in [0, 0.1) is 40.9 Å². The highest BCUT2D eigenvalue weighted by molar-refractivity contribution is 5.82. The Morgan fingerprint density at radius 1 is 1.09 bits per heavy atom. The Kier molecular flexibility index (Phi) is 5.32. The van der Waals surface area contributed by atoms with E-state index >= 15 is 0 Å². The standard InChI is InChI=1S/C26H34F2N4O2/c1-25-9-6-17-16-7-10-26(34,24(27)28)12-15(16)2-3-18(17)19(25)4-5-20(25)23(33)14-32-30-21-8-11-29-13-22(21)31-32/h8,11,13,15-20,24,34H,2-7,9-10,12,14H2,1H3/t15-,16+,17-,18-,19+,20+,25+,26-/m1/s1. The number of carbonyl (C=O) groups is 1. The summed E-state index contributed by atoms with van der Waals surface area (Å²) in [7, 11) is 0. The van der Waals surface area contributed by atoms with E-state index in [4.69, 9.17) is 0 Å². The number of pyridine rings is 1. The molecule has 0 radical (unpaired) electrons. The van der Waals surface area contributed by atoms with Gasteiger partial charge >= 0.3 is 0 Å². The molecule has 2 aromatic rings. The number of halogens is 2. The molecule has 8 heteroatoms. The van der Waals surface area contributed by atoms with Crippen LogP contribution < -0.4 is 0 Å². The van der Waals surface area contributed by atoms with Gasteiger partial charge in [0.05, 0.1) is 6.20 Å². The normalized spacial score (nSPS) is 41.8. The highest BCUT2D eigenvalue weighted by Crippen LogP contribution is 2.65. The first-order valence-electron chi connectivity index (χ1n) is 13.0. The lowest BCUT2D eigenvalue weighted by Crippen LogP contribution is -2.53. The minimum atomic E-state index is -2.65. The van der Waals surface area contributed by atoms with Crippen molar-refractivity contribution in [1.29, 1.82) is 0 Å². The third-order valence-corrected chi connectivity index (χ3v) is 10.4. The SMILES string of the molecule is C[C@]12CC[C@H]3[C@@H](CC[C@@H]4C[C@@](O)(C(F)F)CC[C@@H]43)[C@@H]1CC[C@H]2C(=O)Cn1nc2ccncc2n1. The average Bonchev–Trinajstić information content (AvgIpc) is 3.38. The number of ketones is 1. The van der Waals surface area contributed by atoms with E-state index in [1.54, 1.807) is 18.5 Å². The zero-order valence-corrected chi connectivity index (χ0v) is 19.7. The van der Waals surface area contributed by atoms with Crippen molar-refractivity contribution in [3.63, 3.8) is 0 Å². The molecule has 0 bridgehead atoms. The summed E-state index contributed by atoms with van der Waals surface area (Å²) in [5.41, 5.74) is -0.336. The van der Waals surface area contributed by atoms with E-state index in [9.17, 15) is 18.7 Å². The number of rotatable bonds is 4. The number of carbonyl (C=O) groups excluding carboxylic acids is 1. The van der Waals surface area contributed by atoms with E-state index in [1.165, 1.54) is 4.80 Å². The van der Waals surface area contributed by atoms with Crippen LogP contribution in [0.25, 0.3) is 11.0 Å². The number of aromatic nitrogens is 4. The minimum Gasteiger partial charge on any atom is -0.384 e. The smallest absolute Gasteiger partial charge is 0.266 e. The van der Waals surface area contributed by atoms with Crippen molar-refractivity contribution >= 4 is 16.8 Å². The molecule has 1 N–H and O–H groups in total. The van der Waals surface area contributed by atoms with E-state index < -0.39 is 12.0 Å². The fourth-order valence-electron chi connectivity index (χ4n) is 8.77. The first-order chi connectivity index (χ1) is 16.3. The Labute approximate surface area is 198 Å². The molecule has 4 aliphatic rings. The lowest BCUT2D eigenvalue weighted by atomic mass is 9.49. The largest absolute Gasteiger partial charge is 0.384 e. The van der Waals surface area contributed by atoms with E-state index in [0.717, 1.165) is 44.0 Å². The Bertz CT molecular complexity index is 1060. The van der Waals surface area contributed by atoms with Gasteiger partial charge in [-0.2, -0.15) is 15.0 Å². The average molecular weight is 473 g/mol. The molecule has 8 atom stereocenters. The molecule has 4 saturated carbocycles. The van der Waals surface area contributed by atoms with E-state index in [0.29, 0.717) is 35.6 Å². The van der Waals surface area contributed by atoms with Gasteiger partial charge in [-0.25, -0.2) is 8.78 Å². The van der Waals surface area contributed by atoms with Crippen LogP contribution in [-0.2, 0) is 11.3 Å². The number of fused-ring (bicyclic) bond motifs is 6. The van der Waals surface area contributed by atoms with Crippen LogP contribution in [-0.4, -0.2) is 42.9 Å². The fraction of sp³-hybridized carbons (Fsp3) is 0.769. The lowest BCUT2D eigenvalue weighted by Gasteiger charge is -2.57. The van der Waals surface area contributed by atoms with Gasteiger partial charge in [-0.15, -0.1) is 0 Å². The van der Waals surface area contributed by atoms with E-state index in [2.05, 4.69) is 22.1 Å². The highest BCUT2D eigenvalue weighted by Gasteiger charge is 2.59. The molecule has 4 fully saturated rings. The minimum absolute atomic E-state index is 0.00239. The van der Waals surface area contributed by atoms with Gasteiger partial charge in [0.15, 0.2) is 5.78 Å². The van der Waals surface area contributed by atoms with Crippen LogP contribution in [0.2, 0.25) is 0 Å². The van der Waals surface area contributed by atoms with Crippen molar-refractivity contribution in [2.75, 3.05) is 0 Å². The van der Waals surface area contributed by atoms with Crippen molar-refractivity contribution in [2.24, 2.45) is 40.9 Å². The summed E-state index contributed by atoms with van der Waals surface area (Å²) < 4.78 is 26.9. The van der Waals surface area contributed by atoms with Gasteiger partial charge in [-0.3, -0.25) is 9.78 Å². The summed E-state index contributed by atoms with van der Waals surface area (Å²) in [6, 6.07) is 1.81. The van der Waals surface area contributed by atoms with Crippen molar-refractivity contribution < 1.29 is 18.7 Å². The molecule has 2 heterocycles. The predicted octanol–water partition coefficient (Wildman–Crippen LogP) is 4.66. The molecule has 2 aromatic heterocycles. The summed E-state index contributed by atoms with van der Waals surface area (Å²) in [5.74, 6) is 2.57. The summed E-state index contributed by atoms with van der Waals surface area (Å²) in [5, 5.41) is 19.3. The second-order valence-electron chi connectivity index (χ2n) is 11.8. The molecule has 34 heavy (non-hydrogen) atoms. The third kappa shape index (κ3) is 3.42. The molecular weight excluding hydrogens is 438 g/mol. The van der Waals surface area contributed by atoms with Gasteiger partial charge in [-0.05, 0) is 98.9 Å². The molecular formula is C26H34F2N4O2.